The molecule has 0 aliphatic carbocycles. The molecule has 0 aromatic heterocycles. The number of benzene rings is 1. The number of carbonyl (C=O) groups is 2. The van der Waals surface area contributed by atoms with Crippen LogP contribution in [-0.2, 0) is 4.79 Å². The number of hydrogen-bond acceptors (Lipinski definition) is 4. The number of phenols is 2. The van der Waals surface area contributed by atoms with E-state index < -0.39 is 5.91 Å². The van der Waals surface area contributed by atoms with Gasteiger partial charge in [0.15, 0.2) is 0 Å². The van der Waals surface area contributed by atoms with Crippen LogP contribution in [0, 0.1) is 0 Å². The van der Waals surface area contributed by atoms with E-state index >= 15 is 0 Å². The Labute approximate surface area is 111 Å². The van der Waals surface area contributed by atoms with Crippen molar-refractivity contribution >= 4 is 11.8 Å². The molecule has 2 amide bonds. The minimum atomic E-state index is -0.485. The van der Waals surface area contributed by atoms with Crippen LogP contribution in [0.1, 0.15) is 30.1 Å². The number of aromatic hydroxyl groups is 2. The van der Waals surface area contributed by atoms with E-state index in [0.717, 1.165) is 12.5 Å². The molecule has 19 heavy (non-hydrogen) atoms. The molecular formula is C13H18N2O4. The maximum atomic E-state index is 11.7. The van der Waals surface area contributed by atoms with E-state index in [1.807, 2.05) is 6.92 Å². The predicted molar refractivity (Wildman–Crippen MR) is 70.0 cm³/mol. The van der Waals surface area contributed by atoms with Crippen LogP contribution in [0.25, 0.3) is 0 Å². The van der Waals surface area contributed by atoms with E-state index in [4.69, 9.17) is 5.11 Å². The first-order valence-corrected chi connectivity index (χ1v) is 6.11. The summed E-state index contributed by atoms with van der Waals surface area (Å²) in [6, 6.07) is 3.71. The van der Waals surface area contributed by atoms with Crippen LogP contribution in [0.3, 0.4) is 0 Å². The summed E-state index contributed by atoms with van der Waals surface area (Å²) in [7, 11) is 0. The summed E-state index contributed by atoms with van der Waals surface area (Å²) in [5.74, 6) is -1.03. The molecule has 1 aromatic rings. The summed E-state index contributed by atoms with van der Waals surface area (Å²) >= 11 is 0. The number of nitrogens with one attached hydrogen (secondary N) is 2. The molecule has 0 spiro atoms. The smallest absolute Gasteiger partial charge is 0.255 e. The maximum Gasteiger partial charge on any atom is 0.255 e. The van der Waals surface area contributed by atoms with Crippen LogP contribution < -0.4 is 10.6 Å². The van der Waals surface area contributed by atoms with Crippen molar-refractivity contribution in [3.8, 4) is 11.5 Å². The summed E-state index contributed by atoms with van der Waals surface area (Å²) in [6.45, 7) is 2.76. The second-order valence-electron chi connectivity index (χ2n) is 4.06. The highest BCUT2D eigenvalue weighted by Gasteiger charge is 2.11. The van der Waals surface area contributed by atoms with E-state index in [0.29, 0.717) is 6.54 Å². The van der Waals surface area contributed by atoms with Crippen LogP contribution in [-0.4, -0.2) is 35.1 Å². The molecule has 0 fully saturated rings. The zero-order valence-corrected chi connectivity index (χ0v) is 10.8. The zero-order chi connectivity index (χ0) is 14.3. The van der Waals surface area contributed by atoms with Gasteiger partial charge in [0.25, 0.3) is 5.91 Å². The molecule has 0 radical (unpaired) electrons. The number of carbonyl (C=O) groups excluding carboxylic acids is 2. The Hall–Kier alpha value is -2.24. The molecule has 0 aliphatic rings. The predicted octanol–water partition coefficient (Wildman–Crippen LogP) is 0.744. The minimum Gasteiger partial charge on any atom is -0.508 e. The number of rotatable bonds is 6. The van der Waals surface area contributed by atoms with E-state index in [2.05, 4.69) is 10.6 Å². The SMILES string of the molecule is CCCNC(=O)CCNC(=O)c1ccc(O)cc1O. The lowest BCUT2D eigenvalue weighted by molar-refractivity contribution is -0.120. The van der Waals surface area contributed by atoms with E-state index in [1.54, 1.807) is 0 Å². The highest BCUT2D eigenvalue weighted by atomic mass is 16.3. The molecule has 0 saturated carbocycles. The Morgan fingerprint density at radius 2 is 1.89 bits per heavy atom. The van der Waals surface area contributed by atoms with Crippen molar-refractivity contribution in [1.29, 1.82) is 0 Å². The van der Waals surface area contributed by atoms with Crippen molar-refractivity contribution in [3.05, 3.63) is 23.8 Å². The Balaban J connectivity index is 2.41. The molecule has 6 nitrogen and oxygen atoms in total. The van der Waals surface area contributed by atoms with Crippen molar-refractivity contribution in [2.75, 3.05) is 13.1 Å². The molecular weight excluding hydrogens is 248 g/mol. The molecule has 1 rings (SSSR count). The third-order valence-electron chi connectivity index (χ3n) is 2.44. The number of amides is 2. The summed E-state index contributed by atoms with van der Waals surface area (Å²) in [5.41, 5.74) is 0.0618. The largest absolute Gasteiger partial charge is 0.508 e. The van der Waals surface area contributed by atoms with Gasteiger partial charge in [-0.2, -0.15) is 0 Å². The van der Waals surface area contributed by atoms with Crippen molar-refractivity contribution in [2.24, 2.45) is 0 Å². The first-order valence-electron chi connectivity index (χ1n) is 6.11. The molecule has 104 valence electrons. The molecule has 1 aromatic carbocycles. The van der Waals surface area contributed by atoms with Gasteiger partial charge < -0.3 is 20.8 Å². The van der Waals surface area contributed by atoms with Crippen LogP contribution in [0.2, 0.25) is 0 Å². The van der Waals surface area contributed by atoms with Gasteiger partial charge in [-0.3, -0.25) is 9.59 Å². The summed E-state index contributed by atoms with van der Waals surface area (Å²) < 4.78 is 0. The molecule has 0 aliphatic heterocycles. The van der Waals surface area contributed by atoms with Crippen LogP contribution in [0.4, 0.5) is 0 Å². The zero-order valence-electron chi connectivity index (χ0n) is 10.8. The average molecular weight is 266 g/mol. The van der Waals surface area contributed by atoms with E-state index in [9.17, 15) is 14.7 Å². The van der Waals surface area contributed by atoms with Crippen molar-refractivity contribution < 1.29 is 19.8 Å². The monoisotopic (exact) mass is 266 g/mol. The van der Waals surface area contributed by atoms with Crippen LogP contribution in [0.5, 0.6) is 11.5 Å². The van der Waals surface area contributed by atoms with Crippen LogP contribution in [0.15, 0.2) is 18.2 Å². The number of phenolic OH excluding ortho intramolecular Hbond substituents is 2. The fraction of sp³-hybridized carbons (Fsp3) is 0.385. The van der Waals surface area contributed by atoms with Gasteiger partial charge in [-0.05, 0) is 18.6 Å². The quantitative estimate of drug-likeness (QED) is 0.610. The molecule has 0 bridgehead atoms. The second-order valence-corrected chi connectivity index (χ2v) is 4.06. The second kappa shape index (κ2) is 7.25. The fourth-order valence-electron chi connectivity index (χ4n) is 1.45. The Morgan fingerprint density at radius 3 is 2.53 bits per heavy atom. The highest BCUT2D eigenvalue weighted by Crippen LogP contribution is 2.22. The van der Waals surface area contributed by atoms with Gasteiger partial charge >= 0.3 is 0 Å². The van der Waals surface area contributed by atoms with E-state index in [-0.39, 0.29) is 35.9 Å². The molecule has 0 saturated heterocycles. The summed E-state index contributed by atoms with van der Waals surface area (Å²) in [4.78, 5) is 23.0. The third-order valence-corrected chi connectivity index (χ3v) is 2.44. The van der Waals surface area contributed by atoms with Gasteiger partial charge in [0, 0.05) is 25.6 Å². The van der Waals surface area contributed by atoms with Crippen LogP contribution >= 0.6 is 0 Å². The third kappa shape index (κ3) is 4.87. The van der Waals surface area contributed by atoms with Gasteiger partial charge in [-0.25, -0.2) is 0 Å². The lowest BCUT2D eigenvalue weighted by Gasteiger charge is -2.07. The molecule has 6 heteroatoms. The molecule has 0 heterocycles. The highest BCUT2D eigenvalue weighted by molar-refractivity contribution is 5.97. The Kier molecular flexibility index (Phi) is 5.66. The fourth-order valence-corrected chi connectivity index (χ4v) is 1.45. The van der Waals surface area contributed by atoms with Gasteiger partial charge in [0.2, 0.25) is 5.91 Å². The standard InChI is InChI=1S/C13H18N2O4/c1-2-6-14-12(18)5-7-15-13(19)10-4-3-9(16)8-11(10)17/h3-4,8,16-17H,2,5-7H2,1H3,(H,14,18)(H,15,19). The number of hydrogen-bond donors (Lipinski definition) is 4. The van der Waals surface area contributed by atoms with Crippen molar-refractivity contribution in [1.82, 2.24) is 10.6 Å². The van der Waals surface area contributed by atoms with Gasteiger partial charge in [0.1, 0.15) is 11.5 Å². The minimum absolute atomic E-state index is 0.0618. The normalized spacial score (nSPS) is 9.95. The summed E-state index contributed by atoms with van der Waals surface area (Å²) in [6.07, 6.45) is 1.05. The van der Waals surface area contributed by atoms with Gasteiger partial charge in [0.05, 0.1) is 5.56 Å². The lowest BCUT2D eigenvalue weighted by atomic mass is 10.2. The van der Waals surface area contributed by atoms with Crippen molar-refractivity contribution in [3.63, 3.8) is 0 Å². The topological polar surface area (TPSA) is 98.7 Å². The molecule has 0 unspecified atom stereocenters. The first-order chi connectivity index (χ1) is 9.04. The Morgan fingerprint density at radius 1 is 1.16 bits per heavy atom. The molecule has 4 N–H and O–H groups in total. The van der Waals surface area contributed by atoms with Gasteiger partial charge in [-0.1, -0.05) is 6.92 Å². The van der Waals surface area contributed by atoms with E-state index in [1.165, 1.54) is 12.1 Å². The van der Waals surface area contributed by atoms with Crippen molar-refractivity contribution in [2.45, 2.75) is 19.8 Å². The lowest BCUT2D eigenvalue weighted by Crippen LogP contribution is -2.31. The summed E-state index contributed by atoms with van der Waals surface area (Å²) in [5, 5.41) is 23.8. The Bertz CT molecular complexity index is 460. The average Bonchev–Trinajstić information content (AvgIpc) is 2.36. The molecule has 0 atom stereocenters. The first kappa shape index (κ1) is 14.8. The van der Waals surface area contributed by atoms with Gasteiger partial charge in [-0.15, -0.1) is 0 Å². The maximum absolute atomic E-state index is 11.7.